The number of aryl methyl sites for hydroxylation is 1. The first-order chi connectivity index (χ1) is 8.72. The van der Waals surface area contributed by atoms with Crippen molar-refractivity contribution in [2.75, 3.05) is 6.54 Å². The van der Waals surface area contributed by atoms with E-state index in [1.807, 2.05) is 31.6 Å². The standard InChI is InChI=1S/C12H16BrN5/c1-3-15-10(8-9-4-6-14-7-5-9)11-12(13)16-17-18(11)2/h4-7,10,15H,3,8H2,1-2H3. The summed E-state index contributed by atoms with van der Waals surface area (Å²) >= 11 is 3.45. The first-order valence-electron chi connectivity index (χ1n) is 5.89. The van der Waals surface area contributed by atoms with Crippen LogP contribution in [0.2, 0.25) is 0 Å². The zero-order valence-corrected chi connectivity index (χ0v) is 12.1. The molecule has 2 heterocycles. The molecule has 2 aromatic rings. The lowest BCUT2D eigenvalue weighted by Crippen LogP contribution is -2.25. The van der Waals surface area contributed by atoms with Gasteiger partial charge in [0.05, 0.1) is 11.7 Å². The number of rotatable bonds is 5. The Balaban J connectivity index is 2.24. The Hall–Kier alpha value is -1.27. The van der Waals surface area contributed by atoms with Crippen molar-refractivity contribution >= 4 is 15.9 Å². The summed E-state index contributed by atoms with van der Waals surface area (Å²) in [5, 5.41) is 11.5. The Labute approximate surface area is 115 Å². The molecule has 6 heteroatoms. The van der Waals surface area contributed by atoms with Gasteiger partial charge in [0.2, 0.25) is 0 Å². The Morgan fingerprint density at radius 1 is 1.39 bits per heavy atom. The molecule has 0 bridgehead atoms. The van der Waals surface area contributed by atoms with Crippen LogP contribution in [0.4, 0.5) is 0 Å². The van der Waals surface area contributed by atoms with Gasteiger partial charge in [0, 0.05) is 19.4 Å². The number of nitrogens with one attached hydrogen (secondary N) is 1. The summed E-state index contributed by atoms with van der Waals surface area (Å²) in [6.45, 7) is 2.99. The van der Waals surface area contributed by atoms with Crippen molar-refractivity contribution in [3.63, 3.8) is 0 Å². The maximum Gasteiger partial charge on any atom is 0.153 e. The summed E-state index contributed by atoms with van der Waals surface area (Å²) in [5.41, 5.74) is 2.30. The fourth-order valence-electron chi connectivity index (χ4n) is 1.98. The number of pyridine rings is 1. The van der Waals surface area contributed by atoms with Crippen LogP contribution in [0.1, 0.15) is 24.2 Å². The van der Waals surface area contributed by atoms with Gasteiger partial charge in [0.15, 0.2) is 4.60 Å². The van der Waals surface area contributed by atoms with E-state index < -0.39 is 0 Å². The molecule has 2 aromatic heterocycles. The lowest BCUT2D eigenvalue weighted by Gasteiger charge is -2.18. The lowest BCUT2D eigenvalue weighted by molar-refractivity contribution is 0.504. The molecule has 5 nitrogen and oxygen atoms in total. The molecular formula is C12H16BrN5. The van der Waals surface area contributed by atoms with E-state index in [1.165, 1.54) is 5.56 Å². The van der Waals surface area contributed by atoms with Crippen LogP contribution in [-0.4, -0.2) is 26.5 Å². The summed E-state index contributed by atoms with van der Waals surface area (Å²) < 4.78 is 2.60. The average Bonchev–Trinajstić information content (AvgIpc) is 2.70. The molecule has 0 saturated heterocycles. The number of nitrogens with zero attached hydrogens (tertiary/aromatic N) is 4. The van der Waals surface area contributed by atoms with Crippen molar-refractivity contribution < 1.29 is 0 Å². The topological polar surface area (TPSA) is 55.6 Å². The zero-order chi connectivity index (χ0) is 13.0. The predicted molar refractivity (Wildman–Crippen MR) is 73.1 cm³/mol. The lowest BCUT2D eigenvalue weighted by atomic mass is 10.0. The highest BCUT2D eigenvalue weighted by Gasteiger charge is 2.19. The molecule has 0 saturated carbocycles. The highest BCUT2D eigenvalue weighted by atomic mass is 79.9. The van der Waals surface area contributed by atoms with Gasteiger partial charge in [-0.1, -0.05) is 12.1 Å². The molecule has 2 rings (SSSR count). The first-order valence-corrected chi connectivity index (χ1v) is 6.69. The second-order valence-corrected chi connectivity index (χ2v) is 4.81. The minimum atomic E-state index is 0.187. The van der Waals surface area contributed by atoms with Crippen LogP contribution in [0.15, 0.2) is 29.1 Å². The molecule has 0 aliphatic rings. The summed E-state index contributed by atoms with van der Waals surface area (Å²) in [4.78, 5) is 4.04. The second-order valence-electron chi connectivity index (χ2n) is 4.06. The van der Waals surface area contributed by atoms with Crippen molar-refractivity contribution in [3.8, 4) is 0 Å². The molecule has 1 N–H and O–H groups in total. The Bertz CT molecular complexity index is 477. The molecule has 0 fully saturated rings. The minimum Gasteiger partial charge on any atom is -0.309 e. The molecule has 18 heavy (non-hydrogen) atoms. The van der Waals surface area contributed by atoms with Crippen molar-refractivity contribution in [1.82, 2.24) is 25.3 Å². The number of halogens is 1. The van der Waals surface area contributed by atoms with Gasteiger partial charge in [-0.15, -0.1) is 5.10 Å². The van der Waals surface area contributed by atoms with Crippen LogP contribution < -0.4 is 5.32 Å². The zero-order valence-electron chi connectivity index (χ0n) is 10.5. The first kappa shape index (κ1) is 13.2. The summed E-state index contributed by atoms with van der Waals surface area (Å²) in [6.07, 6.45) is 4.51. The smallest absolute Gasteiger partial charge is 0.153 e. The van der Waals surface area contributed by atoms with Gasteiger partial charge < -0.3 is 5.32 Å². The second kappa shape index (κ2) is 6.06. The van der Waals surface area contributed by atoms with E-state index in [0.29, 0.717) is 0 Å². The van der Waals surface area contributed by atoms with Crippen LogP contribution in [-0.2, 0) is 13.5 Å². The maximum atomic E-state index is 4.04. The third kappa shape index (κ3) is 2.94. The van der Waals surface area contributed by atoms with Crippen molar-refractivity contribution in [1.29, 1.82) is 0 Å². The number of aromatic nitrogens is 4. The molecule has 96 valence electrons. The van der Waals surface area contributed by atoms with Crippen molar-refractivity contribution in [2.24, 2.45) is 7.05 Å². The van der Waals surface area contributed by atoms with E-state index in [2.05, 4.69) is 43.5 Å². The Morgan fingerprint density at radius 3 is 2.67 bits per heavy atom. The molecule has 0 radical (unpaired) electrons. The molecule has 0 amide bonds. The SMILES string of the molecule is CCNC(Cc1ccncc1)c1c(Br)nnn1C. The molecule has 0 spiro atoms. The van der Waals surface area contributed by atoms with E-state index in [-0.39, 0.29) is 6.04 Å². The van der Waals surface area contributed by atoms with Gasteiger partial charge in [-0.2, -0.15) is 0 Å². The van der Waals surface area contributed by atoms with Gasteiger partial charge in [-0.3, -0.25) is 4.98 Å². The van der Waals surface area contributed by atoms with Crippen LogP contribution >= 0.6 is 15.9 Å². The van der Waals surface area contributed by atoms with Crippen LogP contribution in [0, 0.1) is 0 Å². The van der Waals surface area contributed by atoms with E-state index in [4.69, 9.17) is 0 Å². The predicted octanol–water partition coefficient (Wildman–Crippen LogP) is 1.87. The van der Waals surface area contributed by atoms with Gasteiger partial charge in [0.25, 0.3) is 0 Å². The molecule has 1 atom stereocenters. The van der Waals surface area contributed by atoms with Crippen LogP contribution in [0.3, 0.4) is 0 Å². The average molecular weight is 310 g/mol. The molecular weight excluding hydrogens is 294 g/mol. The maximum absolute atomic E-state index is 4.04. The monoisotopic (exact) mass is 309 g/mol. The summed E-state index contributed by atoms with van der Waals surface area (Å²) in [6, 6.07) is 4.25. The van der Waals surface area contributed by atoms with Crippen LogP contribution in [0.25, 0.3) is 0 Å². The molecule has 0 aromatic carbocycles. The van der Waals surface area contributed by atoms with Gasteiger partial charge in [-0.05, 0) is 46.6 Å². The minimum absolute atomic E-state index is 0.187. The highest BCUT2D eigenvalue weighted by molar-refractivity contribution is 9.10. The fraction of sp³-hybridized carbons (Fsp3) is 0.417. The quantitative estimate of drug-likeness (QED) is 0.916. The largest absolute Gasteiger partial charge is 0.309 e. The number of likely N-dealkylation sites (N-methyl/N-ethyl adjacent to an activating group) is 1. The Kier molecular flexibility index (Phi) is 4.43. The molecule has 0 aliphatic heterocycles. The third-order valence-corrected chi connectivity index (χ3v) is 3.36. The van der Waals surface area contributed by atoms with E-state index in [9.17, 15) is 0 Å². The van der Waals surface area contributed by atoms with Crippen molar-refractivity contribution in [3.05, 3.63) is 40.4 Å². The number of hydrogen-bond donors (Lipinski definition) is 1. The summed E-state index contributed by atoms with van der Waals surface area (Å²) in [7, 11) is 1.91. The van der Waals surface area contributed by atoms with E-state index in [0.717, 1.165) is 23.3 Å². The van der Waals surface area contributed by atoms with E-state index >= 15 is 0 Å². The fourth-order valence-corrected chi connectivity index (χ4v) is 2.58. The Morgan fingerprint density at radius 2 is 2.11 bits per heavy atom. The molecule has 1 unspecified atom stereocenters. The normalized spacial score (nSPS) is 12.6. The van der Waals surface area contributed by atoms with Gasteiger partial charge >= 0.3 is 0 Å². The van der Waals surface area contributed by atoms with E-state index in [1.54, 1.807) is 4.68 Å². The van der Waals surface area contributed by atoms with Crippen molar-refractivity contribution in [2.45, 2.75) is 19.4 Å². The third-order valence-electron chi connectivity index (χ3n) is 2.80. The number of hydrogen-bond acceptors (Lipinski definition) is 4. The van der Waals surface area contributed by atoms with Gasteiger partial charge in [0.1, 0.15) is 0 Å². The van der Waals surface area contributed by atoms with Gasteiger partial charge in [-0.25, -0.2) is 4.68 Å². The van der Waals surface area contributed by atoms with Crippen LogP contribution in [0.5, 0.6) is 0 Å². The molecule has 0 aliphatic carbocycles. The highest BCUT2D eigenvalue weighted by Crippen LogP contribution is 2.23. The summed E-state index contributed by atoms with van der Waals surface area (Å²) in [5.74, 6) is 0.